The first kappa shape index (κ1) is 10.1. The van der Waals surface area contributed by atoms with Crippen LogP contribution in [0.15, 0.2) is 30.3 Å². The molecule has 1 aliphatic rings. The fraction of sp³-hybridized carbons (Fsp3) is 0.400. The summed E-state index contributed by atoms with van der Waals surface area (Å²) < 4.78 is 5.63. The molecule has 1 aromatic rings. The van der Waals surface area contributed by atoms with Crippen molar-refractivity contribution >= 4 is 17.0 Å². The zero-order valence-electron chi connectivity index (χ0n) is 8.41. The molecule has 0 aliphatic carbocycles. The predicted molar refractivity (Wildman–Crippen MR) is 64.0 cm³/mol. The van der Waals surface area contributed by atoms with Crippen molar-refractivity contribution in [2.24, 2.45) is 5.40 Å². The molecule has 2 rings (SSSR count). The Morgan fingerprint density at radius 2 is 2.14 bits per heavy atom. The lowest BCUT2D eigenvalue weighted by Gasteiger charge is -2.30. The van der Waals surface area contributed by atoms with Gasteiger partial charge in [0, 0.05) is 6.61 Å². The molecule has 0 saturated carbocycles. The summed E-state index contributed by atoms with van der Waals surface area (Å²) in [6.45, 7) is 0.965. The van der Waals surface area contributed by atoms with E-state index in [4.69, 9.17) is 9.83 Å². The van der Waals surface area contributed by atoms with E-state index >= 15 is 0 Å². The summed E-state index contributed by atoms with van der Waals surface area (Å²) in [7, 11) is -1.86. The smallest absolute Gasteiger partial charge is 0.168 e. The van der Waals surface area contributed by atoms with Crippen LogP contribution in [0.5, 0.6) is 0 Å². The van der Waals surface area contributed by atoms with Gasteiger partial charge in [-0.1, -0.05) is 30.3 Å². The Kier molecular flexibility index (Phi) is 3.17. The summed E-state index contributed by atoms with van der Waals surface area (Å²) in [5.41, 5.74) is 1.40. The van der Waals surface area contributed by atoms with E-state index in [-0.39, 0.29) is 0 Å². The molecule has 14 heavy (non-hydrogen) atoms. The van der Waals surface area contributed by atoms with Crippen molar-refractivity contribution in [2.75, 3.05) is 6.61 Å². The van der Waals surface area contributed by atoms with Crippen LogP contribution < -0.4 is 5.40 Å². The second kappa shape index (κ2) is 4.40. The second-order valence-corrected chi connectivity index (χ2v) is 13.5. The topological polar surface area (TPSA) is 35.2 Å². The van der Waals surface area contributed by atoms with Gasteiger partial charge in [-0.05, 0) is 24.1 Å². The van der Waals surface area contributed by atoms with E-state index in [0.717, 1.165) is 12.7 Å². The van der Waals surface area contributed by atoms with Crippen molar-refractivity contribution in [3.8, 4) is 0 Å². The fourth-order valence-corrected chi connectivity index (χ4v) is 9.10. The number of hydrogen-bond acceptors (Lipinski definition) is 2. The summed E-state index contributed by atoms with van der Waals surface area (Å²) in [4.78, 5) is 0. The molecule has 1 aromatic carbocycles. The van der Waals surface area contributed by atoms with Crippen molar-refractivity contribution in [3.05, 3.63) is 35.9 Å². The Morgan fingerprint density at radius 1 is 1.36 bits per heavy atom. The van der Waals surface area contributed by atoms with Gasteiger partial charge in [-0.2, -0.15) is 0 Å². The number of hydrogen-bond donors (Lipinski definition) is 1. The molecule has 76 valence electrons. The van der Waals surface area contributed by atoms with Gasteiger partial charge in [0.25, 0.3) is 0 Å². The molecule has 1 atom stereocenters. The van der Waals surface area contributed by atoms with Crippen LogP contribution in [0.4, 0.5) is 0 Å². The van der Waals surface area contributed by atoms with Gasteiger partial charge in [0.2, 0.25) is 0 Å². The Morgan fingerprint density at radius 3 is 2.79 bits per heavy atom. The summed E-state index contributed by atoms with van der Waals surface area (Å²) in [5.74, 6) is 0. The van der Waals surface area contributed by atoms with E-state index in [1.807, 2.05) is 0 Å². The Hall–Kier alpha value is -0.426. The molecule has 0 radical (unpaired) electrons. The van der Waals surface area contributed by atoms with Gasteiger partial charge in [0.15, 0.2) is 9.28 Å². The SMILES string of the molecule is N[Si]1(Cc2ccccc2)CCCO[SiH2]1. The minimum atomic E-state index is -1.46. The Labute approximate surface area is 88.3 Å². The van der Waals surface area contributed by atoms with E-state index in [2.05, 4.69) is 30.3 Å². The van der Waals surface area contributed by atoms with Crippen LogP contribution >= 0.6 is 0 Å². The normalized spacial score (nSPS) is 29.2. The van der Waals surface area contributed by atoms with E-state index in [1.54, 1.807) is 0 Å². The van der Waals surface area contributed by atoms with Crippen LogP contribution in [-0.2, 0) is 10.5 Å². The van der Waals surface area contributed by atoms with Crippen LogP contribution in [0.25, 0.3) is 0 Å². The maximum Gasteiger partial charge on any atom is 0.168 e. The van der Waals surface area contributed by atoms with Crippen molar-refractivity contribution in [1.29, 1.82) is 0 Å². The summed E-state index contributed by atoms with van der Waals surface area (Å²) >= 11 is 0. The van der Waals surface area contributed by atoms with Gasteiger partial charge in [-0.25, -0.2) is 0 Å². The maximum absolute atomic E-state index is 6.47. The summed E-state index contributed by atoms with van der Waals surface area (Å²) in [6.07, 6.45) is 1.18. The summed E-state index contributed by atoms with van der Waals surface area (Å²) in [5, 5.41) is 6.47. The summed E-state index contributed by atoms with van der Waals surface area (Å²) in [6, 6.07) is 13.0. The maximum atomic E-state index is 6.47. The van der Waals surface area contributed by atoms with Crippen LogP contribution in [0.2, 0.25) is 6.04 Å². The van der Waals surface area contributed by atoms with Crippen LogP contribution in [0, 0.1) is 0 Å². The van der Waals surface area contributed by atoms with E-state index in [1.165, 1.54) is 18.0 Å². The first-order chi connectivity index (χ1) is 6.79. The Balaban J connectivity index is 2.02. The molecule has 4 heteroatoms. The zero-order valence-corrected chi connectivity index (χ0v) is 10.8. The third kappa shape index (κ3) is 2.54. The molecule has 0 amide bonds. The first-order valence-electron chi connectivity index (χ1n) is 5.19. The Bertz CT molecular complexity index is 285. The van der Waals surface area contributed by atoms with Gasteiger partial charge >= 0.3 is 0 Å². The molecule has 1 fully saturated rings. The van der Waals surface area contributed by atoms with E-state index in [0.29, 0.717) is 0 Å². The molecule has 0 bridgehead atoms. The van der Waals surface area contributed by atoms with E-state index in [9.17, 15) is 0 Å². The average Bonchev–Trinajstić information content (AvgIpc) is 2.19. The van der Waals surface area contributed by atoms with Gasteiger partial charge in [0.1, 0.15) is 7.75 Å². The molecule has 2 N–H and O–H groups in total. The van der Waals surface area contributed by atoms with Crippen LogP contribution in [0.3, 0.4) is 0 Å². The third-order valence-electron chi connectivity index (χ3n) is 2.75. The lowest BCUT2D eigenvalue weighted by atomic mass is 10.2. The molecule has 1 heterocycles. The average molecular weight is 223 g/mol. The van der Waals surface area contributed by atoms with Crippen LogP contribution in [-0.4, -0.2) is 23.6 Å². The largest absolute Gasteiger partial charge is 0.426 e. The van der Waals surface area contributed by atoms with Crippen LogP contribution in [0.1, 0.15) is 12.0 Å². The minimum absolute atomic E-state index is 0.401. The quantitative estimate of drug-likeness (QED) is 0.748. The molecule has 1 unspecified atom stereocenters. The zero-order chi connectivity index (χ0) is 9.86. The second-order valence-electron chi connectivity index (χ2n) is 4.18. The molecule has 1 aliphatic heterocycles. The molecule has 0 spiro atoms. The minimum Gasteiger partial charge on any atom is -0.426 e. The highest BCUT2D eigenvalue weighted by atomic mass is 29.2. The molecule has 1 saturated heterocycles. The monoisotopic (exact) mass is 223 g/mol. The van der Waals surface area contributed by atoms with Gasteiger partial charge < -0.3 is 9.83 Å². The predicted octanol–water partition coefficient (Wildman–Crippen LogP) is 0.673. The van der Waals surface area contributed by atoms with Gasteiger partial charge in [-0.15, -0.1) is 0 Å². The van der Waals surface area contributed by atoms with Gasteiger partial charge in [-0.3, -0.25) is 0 Å². The van der Waals surface area contributed by atoms with Crippen molar-refractivity contribution < 1.29 is 4.43 Å². The number of benzene rings is 1. The fourth-order valence-electron chi connectivity index (χ4n) is 2.02. The molecular weight excluding hydrogens is 206 g/mol. The highest BCUT2D eigenvalue weighted by molar-refractivity contribution is 7.20. The van der Waals surface area contributed by atoms with E-state index < -0.39 is 17.0 Å². The standard InChI is InChI=1S/C10H17NOSi2/c11-14(8-4-7-12-13-14)9-10-5-2-1-3-6-10/h1-3,5-6H,4,7-9,11,13H2. The lowest BCUT2D eigenvalue weighted by molar-refractivity contribution is 0.333. The number of rotatable bonds is 2. The van der Waals surface area contributed by atoms with Crippen molar-refractivity contribution in [1.82, 2.24) is 0 Å². The number of nitrogens with two attached hydrogens (primary N) is 1. The third-order valence-corrected chi connectivity index (χ3v) is 10.4. The van der Waals surface area contributed by atoms with Crippen molar-refractivity contribution in [3.63, 3.8) is 0 Å². The highest BCUT2D eigenvalue weighted by Gasteiger charge is 2.32. The molecular formula is C10H17NOSi2. The molecule has 0 aromatic heterocycles. The molecule has 2 nitrogen and oxygen atoms in total. The van der Waals surface area contributed by atoms with Crippen molar-refractivity contribution in [2.45, 2.75) is 18.5 Å². The lowest BCUT2D eigenvalue weighted by Crippen LogP contribution is -2.57. The van der Waals surface area contributed by atoms with Gasteiger partial charge in [0.05, 0.1) is 0 Å². The highest BCUT2D eigenvalue weighted by Crippen LogP contribution is 2.16. The first-order valence-corrected chi connectivity index (χ1v) is 10.6.